The van der Waals surface area contributed by atoms with Crippen LogP contribution in [0.15, 0.2) is 12.1 Å². The van der Waals surface area contributed by atoms with Crippen LogP contribution >= 0.6 is 0 Å². The maximum absolute atomic E-state index is 3.48. The number of anilines is 1. The lowest BCUT2D eigenvalue weighted by Gasteiger charge is -2.24. The second-order valence-electron chi connectivity index (χ2n) is 4.28. The van der Waals surface area contributed by atoms with Crippen LogP contribution in [-0.4, -0.2) is 6.54 Å². The number of rotatable bonds is 0. The first-order valence-corrected chi connectivity index (χ1v) is 5.01. The summed E-state index contributed by atoms with van der Waals surface area (Å²) in [6.07, 6.45) is 1.23. The van der Waals surface area contributed by atoms with Gasteiger partial charge in [-0.05, 0) is 48.9 Å². The Hall–Kier alpha value is -0.980. The van der Waals surface area contributed by atoms with Gasteiger partial charge in [-0.15, -0.1) is 0 Å². The molecule has 0 saturated carbocycles. The van der Waals surface area contributed by atoms with Crippen molar-refractivity contribution in [2.45, 2.75) is 27.2 Å². The summed E-state index contributed by atoms with van der Waals surface area (Å²) in [7, 11) is 0. The van der Waals surface area contributed by atoms with E-state index in [1.807, 2.05) is 0 Å². The Morgan fingerprint density at radius 1 is 1.23 bits per heavy atom. The number of aryl methyl sites for hydroxylation is 2. The molecule has 0 bridgehead atoms. The third-order valence-corrected chi connectivity index (χ3v) is 2.93. The van der Waals surface area contributed by atoms with Crippen molar-refractivity contribution in [2.24, 2.45) is 5.92 Å². The summed E-state index contributed by atoms with van der Waals surface area (Å²) in [5.41, 5.74) is 5.64. The smallest absolute Gasteiger partial charge is 0.0375 e. The van der Waals surface area contributed by atoms with Gasteiger partial charge in [0, 0.05) is 12.2 Å². The van der Waals surface area contributed by atoms with Crippen molar-refractivity contribution in [3.63, 3.8) is 0 Å². The molecule has 0 amide bonds. The molecule has 1 nitrogen and oxygen atoms in total. The average molecular weight is 175 g/mol. The van der Waals surface area contributed by atoms with E-state index in [4.69, 9.17) is 0 Å². The molecule has 0 saturated heterocycles. The van der Waals surface area contributed by atoms with E-state index < -0.39 is 0 Å². The van der Waals surface area contributed by atoms with Gasteiger partial charge in [0.25, 0.3) is 0 Å². The Morgan fingerprint density at radius 3 is 2.69 bits per heavy atom. The topological polar surface area (TPSA) is 12.0 Å². The molecule has 1 unspecified atom stereocenters. The summed E-state index contributed by atoms with van der Waals surface area (Å²) in [4.78, 5) is 0. The lowest BCUT2D eigenvalue weighted by atomic mass is 9.92. The first-order chi connectivity index (χ1) is 6.16. The first kappa shape index (κ1) is 8.61. The molecule has 1 aromatic carbocycles. The number of nitrogens with one attached hydrogen (secondary N) is 1. The van der Waals surface area contributed by atoms with Crippen LogP contribution in [0.5, 0.6) is 0 Å². The molecule has 1 aliphatic rings. The summed E-state index contributed by atoms with van der Waals surface area (Å²) in [5, 5.41) is 3.48. The summed E-state index contributed by atoms with van der Waals surface area (Å²) in [6.45, 7) is 7.78. The fraction of sp³-hybridized carbons (Fsp3) is 0.500. The van der Waals surface area contributed by atoms with Crippen LogP contribution in [0, 0.1) is 19.8 Å². The Balaban J connectivity index is 2.43. The monoisotopic (exact) mass is 175 g/mol. The van der Waals surface area contributed by atoms with Crippen molar-refractivity contribution in [3.8, 4) is 0 Å². The highest BCUT2D eigenvalue weighted by Gasteiger charge is 2.14. The summed E-state index contributed by atoms with van der Waals surface area (Å²) in [5.74, 6) is 0.773. The van der Waals surface area contributed by atoms with E-state index in [-0.39, 0.29) is 0 Å². The zero-order valence-electron chi connectivity index (χ0n) is 8.65. The second-order valence-corrected chi connectivity index (χ2v) is 4.28. The minimum absolute atomic E-state index is 0.773. The van der Waals surface area contributed by atoms with Crippen molar-refractivity contribution in [3.05, 3.63) is 28.8 Å². The van der Waals surface area contributed by atoms with Gasteiger partial charge in [0.05, 0.1) is 0 Å². The molecule has 0 spiro atoms. The van der Waals surface area contributed by atoms with Gasteiger partial charge >= 0.3 is 0 Å². The van der Waals surface area contributed by atoms with E-state index in [0.29, 0.717) is 0 Å². The van der Waals surface area contributed by atoms with Gasteiger partial charge < -0.3 is 5.32 Å². The SMILES string of the molecule is Cc1cc2c(cc1C)NCC(C)C2. The minimum atomic E-state index is 0.773. The number of fused-ring (bicyclic) bond motifs is 1. The van der Waals surface area contributed by atoms with Crippen molar-refractivity contribution in [1.82, 2.24) is 0 Å². The maximum atomic E-state index is 3.48. The highest BCUT2D eigenvalue weighted by Crippen LogP contribution is 2.27. The minimum Gasteiger partial charge on any atom is -0.385 e. The molecule has 1 aromatic rings. The number of benzene rings is 1. The Morgan fingerprint density at radius 2 is 1.92 bits per heavy atom. The number of hydrogen-bond acceptors (Lipinski definition) is 1. The zero-order valence-corrected chi connectivity index (χ0v) is 8.65. The maximum Gasteiger partial charge on any atom is 0.0375 e. The third kappa shape index (κ3) is 1.55. The third-order valence-electron chi connectivity index (χ3n) is 2.93. The molecular formula is C12H17N. The molecule has 1 aliphatic heterocycles. The Kier molecular flexibility index (Phi) is 2.03. The lowest BCUT2D eigenvalue weighted by molar-refractivity contribution is 0.594. The molecule has 1 N–H and O–H groups in total. The quantitative estimate of drug-likeness (QED) is 0.639. The van der Waals surface area contributed by atoms with E-state index in [2.05, 4.69) is 38.2 Å². The molecular weight excluding hydrogens is 158 g/mol. The second kappa shape index (κ2) is 3.06. The van der Waals surface area contributed by atoms with Gasteiger partial charge in [-0.2, -0.15) is 0 Å². The molecule has 0 fully saturated rings. The molecule has 1 heteroatoms. The predicted octanol–water partition coefficient (Wildman–Crippen LogP) is 2.91. The van der Waals surface area contributed by atoms with Crippen LogP contribution in [0.3, 0.4) is 0 Å². The predicted molar refractivity (Wildman–Crippen MR) is 57.3 cm³/mol. The van der Waals surface area contributed by atoms with Gasteiger partial charge in [0.2, 0.25) is 0 Å². The molecule has 0 aliphatic carbocycles. The fourth-order valence-corrected chi connectivity index (χ4v) is 1.94. The van der Waals surface area contributed by atoms with Crippen LogP contribution in [0.1, 0.15) is 23.6 Å². The van der Waals surface area contributed by atoms with Crippen LogP contribution < -0.4 is 5.32 Å². The van der Waals surface area contributed by atoms with E-state index in [9.17, 15) is 0 Å². The average Bonchev–Trinajstić information content (AvgIpc) is 2.08. The standard InChI is InChI=1S/C12H17N/c1-8-4-11-5-9(2)10(3)6-12(11)13-7-8/h5-6,8,13H,4,7H2,1-3H3. The Bertz CT molecular complexity index is 328. The van der Waals surface area contributed by atoms with E-state index in [1.54, 1.807) is 0 Å². The molecule has 1 atom stereocenters. The van der Waals surface area contributed by atoms with Crippen molar-refractivity contribution in [1.29, 1.82) is 0 Å². The molecule has 0 aromatic heterocycles. The summed E-state index contributed by atoms with van der Waals surface area (Å²) in [6, 6.07) is 4.60. The van der Waals surface area contributed by atoms with Gasteiger partial charge in [-0.3, -0.25) is 0 Å². The van der Waals surface area contributed by atoms with E-state index >= 15 is 0 Å². The van der Waals surface area contributed by atoms with Crippen LogP contribution in [0.2, 0.25) is 0 Å². The summed E-state index contributed by atoms with van der Waals surface area (Å²) >= 11 is 0. The van der Waals surface area contributed by atoms with Gasteiger partial charge in [-0.25, -0.2) is 0 Å². The first-order valence-electron chi connectivity index (χ1n) is 5.01. The highest BCUT2D eigenvalue weighted by molar-refractivity contribution is 5.57. The van der Waals surface area contributed by atoms with E-state index in [1.165, 1.54) is 28.8 Å². The van der Waals surface area contributed by atoms with Crippen molar-refractivity contribution in [2.75, 3.05) is 11.9 Å². The van der Waals surface area contributed by atoms with Crippen molar-refractivity contribution < 1.29 is 0 Å². The highest BCUT2D eigenvalue weighted by atomic mass is 14.9. The van der Waals surface area contributed by atoms with Crippen molar-refractivity contribution >= 4 is 5.69 Å². The molecule has 70 valence electrons. The van der Waals surface area contributed by atoms with Crippen LogP contribution in [0.4, 0.5) is 5.69 Å². The fourth-order valence-electron chi connectivity index (χ4n) is 1.94. The largest absolute Gasteiger partial charge is 0.385 e. The summed E-state index contributed by atoms with van der Waals surface area (Å²) < 4.78 is 0. The zero-order chi connectivity index (χ0) is 9.42. The molecule has 13 heavy (non-hydrogen) atoms. The number of hydrogen-bond donors (Lipinski definition) is 1. The lowest BCUT2D eigenvalue weighted by Crippen LogP contribution is -2.20. The van der Waals surface area contributed by atoms with E-state index in [0.717, 1.165) is 12.5 Å². The van der Waals surface area contributed by atoms with Crippen LogP contribution in [-0.2, 0) is 6.42 Å². The van der Waals surface area contributed by atoms with Gasteiger partial charge in [0.15, 0.2) is 0 Å². The Labute approximate surface area is 80.2 Å². The normalized spacial score (nSPS) is 20.7. The molecule has 0 radical (unpaired) electrons. The van der Waals surface area contributed by atoms with Crippen LogP contribution in [0.25, 0.3) is 0 Å². The molecule has 1 heterocycles. The molecule has 2 rings (SSSR count). The van der Waals surface area contributed by atoms with Gasteiger partial charge in [-0.1, -0.05) is 13.0 Å². The van der Waals surface area contributed by atoms with Gasteiger partial charge in [0.1, 0.15) is 0 Å².